The first-order valence-corrected chi connectivity index (χ1v) is 5.82. The molecule has 6 heteroatoms. The largest absolute Gasteiger partial charge is 0.476 e. The number of carboxylic acid groups (broad SMARTS) is 1. The minimum absolute atomic E-state index is 0.158. The Balaban J connectivity index is 2.55. The van der Waals surface area contributed by atoms with Gasteiger partial charge in [-0.2, -0.15) is 0 Å². The second-order valence-electron chi connectivity index (χ2n) is 3.22. The van der Waals surface area contributed by atoms with E-state index in [1.54, 1.807) is 0 Å². The Hall–Kier alpha value is -1.14. The second kappa shape index (κ2) is 4.16. The Morgan fingerprint density at radius 2 is 2.33 bits per heavy atom. The number of aromatic nitrogens is 2. The molecule has 0 amide bonds. The van der Waals surface area contributed by atoms with Crippen molar-refractivity contribution in [1.82, 2.24) is 15.3 Å². The van der Waals surface area contributed by atoms with Crippen LogP contribution in [0, 0.1) is 0 Å². The monoisotopic (exact) mass is 225 g/mol. The Morgan fingerprint density at radius 3 is 3.00 bits per heavy atom. The highest BCUT2D eigenvalue weighted by Gasteiger charge is 2.21. The summed E-state index contributed by atoms with van der Waals surface area (Å²) in [5.74, 6) is -0.967. The summed E-state index contributed by atoms with van der Waals surface area (Å²) >= 11 is 1.36. The molecule has 15 heavy (non-hydrogen) atoms. The van der Waals surface area contributed by atoms with Crippen molar-refractivity contribution in [2.45, 2.75) is 18.1 Å². The van der Waals surface area contributed by atoms with E-state index in [1.165, 1.54) is 11.8 Å². The van der Waals surface area contributed by atoms with Crippen LogP contribution in [0.1, 0.15) is 21.7 Å². The van der Waals surface area contributed by atoms with Crippen LogP contribution in [0.25, 0.3) is 0 Å². The molecule has 1 aromatic rings. The summed E-state index contributed by atoms with van der Waals surface area (Å²) in [7, 11) is 0. The fraction of sp³-hybridized carbons (Fsp3) is 0.444. The van der Waals surface area contributed by atoms with Gasteiger partial charge in [0.05, 0.1) is 5.69 Å². The van der Waals surface area contributed by atoms with Crippen molar-refractivity contribution in [1.29, 1.82) is 0 Å². The molecule has 1 aromatic heterocycles. The summed E-state index contributed by atoms with van der Waals surface area (Å²) < 4.78 is 0. The van der Waals surface area contributed by atoms with Crippen molar-refractivity contribution in [2.24, 2.45) is 0 Å². The molecule has 80 valence electrons. The average Bonchev–Trinajstić information content (AvgIpc) is 2.27. The predicted molar refractivity (Wildman–Crippen MR) is 56.2 cm³/mol. The number of nitrogens with one attached hydrogen (secondary N) is 1. The van der Waals surface area contributed by atoms with Crippen molar-refractivity contribution in [3.8, 4) is 0 Å². The smallest absolute Gasteiger partial charge is 0.354 e. The normalized spacial score (nSPS) is 14.7. The molecule has 0 fully saturated rings. The molecule has 0 unspecified atom stereocenters. The molecule has 0 spiro atoms. The third kappa shape index (κ3) is 1.95. The lowest BCUT2D eigenvalue weighted by atomic mass is 10.0. The van der Waals surface area contributed by atoms with Crippen LogP contribution in [0.5, 0.6) is 0 Å². The molecule has 0 saturated carbocycles. The Bertz CT molecular complexity index is 409. The van der Waals surface area contributed by atoms with Crippen LogP contribution in [-0.2, 0) is 13.0 Å². The van der Waals surface area contributed by atoms with Gasteiger partial charge in [0.25, 0.3) is 0 Å². The van der Waals surface area contributed by atoms with E-state index < -0.39 is 5.97 Å². The molecule has 5 nitrogen and oxygen atoms in total. The number of nitrogens with zero attached hydrogens (tertiary/aromatic N) is 2. The van der Waals surface area contributed by atoms with Crippen LogP contribution in [0.2, 0.25) is 0 Å². The molecule has 2 N–H and O–H groups in total. The van der Waals surface area contributed by atoms with Gasteiger partial charge < -0.3 is 10.4 Å². The summed E-state index contributed by atoms with van der Waals surface area (Å²) in [5.41, 5.74) is 1.75. The first kappa shape index (κ1) is 10.4. The van der Waals surface area contributed by atoms with E-state index in [9.17, 15) is 4.79 Å². The Kier molecular flexibility index (Phi) is 2.88. The Morgan fingerprint density at radius 1 is 1.53 bits per heavy atom. The van der Waals surface area contributed by atoms with Crippen molar-refractivity contribution >= 4 is 17.7 Å². The van der Waals surface area contributed by atoms with Crippen molar-refractivity contribution < 1.29 is 9.90 Å². The molecular weight excluding hydrogens is 214 g/mol. The van der Waals surface area contributed by atoms with Gasteiger partial charge in [-0.25, -0.2) is 14.8 Å². The molecule has 0 bridgehead atoms. The van der Waals surface area contributed by atoms with E-state index >= 15 is 0 Å². The molecule has 2 heterocycles. The van der Waals surface area contributed by atoms with E-state index in [0.29, 0.717) is 18.1 Å². The first-order valence-electron chi connectivity index (χ1n) is 4.60. The zero-order valence-electron chi connectivity index (χ0n) is 8.28. The molecule has 0 atom stereocenters. The number of hydrogen-bond donors (Lipinski definition) is 2. The van der Waals surface area contributed by atoms with Gasteiger partial charge in [-0.05, 0) is 19.2 Å². The number of carboxylic acids is 1. The van der Waals surface area contributed by atoms with Gasteiger partial charge in [0, 0.05) is 12.1 Å². The molecule has 0 saturated heterocycles. The number of thioether (sulfide) groups is 1. The van der Waals surface area contributed by atoms with Gasteiger partial charge in [-0.15, -0.1) is 0 Å². The SMILES string of the molecule is CSc1nc2c(c(C(=O)O)n1)CCNC2. The topological polar surface area (TPSA) is 75.1 Å². The molecular formula is C9H11N3O2S. The standard InChI is InChI=1S/C9H11N3O2S/c1-15-9-11-6-4-10-3-2-5(6)7(12-9)8(13)14/h10H,2-4H2,1H3,(H,13,14). The molecule has 1 aliphatic rings. The van der Waals surface area contributed by atoms with E-state index in [2.05, 4.69) is 15.3 Å². The number of hydrogen-bond acceptors (Lipinski definition) is 5. The highest BCUT2D eigenvalue weighted by molar-refractivity contribution is 7.98. The van der Waals surface area contributed by atoms with Gasteiger partial charge in [-0.1, -0.05) is 11.8 Å². The minimum atomic E-state index is -0.967. The van der Waals surface area contributed by atoms with E-state index in [-0.39, 0.29) is 5.69 Å². The molecule has 2 rings (SSSR count). The summed E-state index contributed by atoms with van der Waals surface area (Å²) in [6.45, 7) is 1.42. The highest BCUT2D eigenvalue weighted by atomic mass is 32.2. The zero-order valence-corrected chi connectivity index (χ0v) is 9.10. The van der Waals surface area contributed by atoms with Crippen LogP contribution in [0.3, 0.4) is 0 Å². The molecule has 0 aromatic carbocycles. The fourth-order valence-corrected chi connectivity index (χ4v) is 1.99. The number of fused-ring (bicyclic) bond motifs is 1. The van der Waals surface area contributed by atoms with Crippen LogP contribution in [0.15, 0.2) is 5.16 Å². The van der Waals surface area contributed by atoms with Gasteiger partial charge >= 0.3 is 5.97 Å². The number of rotatable bonds is 2. The molecule has 1 aliphatic heterocycles. The van der Waals surface area contributed by atoms with E-state index in [1.807, 2.05) is 6.26 Å². The number of aromatic carboxylic acids is 1. The van der Waals surface area contributed by atoms with Gasteiger partial charge in [0.15, 0.2) is 10.9 Å². The molecule has 0 aliphatic carbocycles. The maximum Gasteiger partial charge on any atom is 0.354 e. The number of carbonyl (C=O) groups is 1. The quantitative estimate of drug-likeness (QED) is 0.565. The van der Waals surface area contributed by atoms with Crippen LogP contribution < -0.4 is 5.32 Å². The fourth-order valence-electron chi connectivity index (χ4n) is 1.61. The maximum atomic E-state index is 11.0. The zero-order chi connectivity index (χ0) is 10.8. The van der Waals surface area contributed by atoms with Crippen molar-refractivity contribution in [3.63, 3.8) is 0 Å². The van der Waals surface area contributed by atoms with Gasteiger partial charge in [0.1, 0.15) is 0 Å². The van der Waals surface area contributed by atoms with Crippen LogP contribution >= 0.6 is 11.8 Å². The van der Waals surface area contributed by atoms with E-state index in [4.69, 9.17) is 5.11 Å². The lowest BCUT2D eigenvalue weighted by molar-refractivity contribution is 0.0687. The summed E-state index contributed by atoms with van der Waals surface area (Å²) in [4.78, 5) is 19.4. The van der Waals surface area contributed by atoms with Crippen molar-refractivity contribution in [3.05, 3.63) is 17.0 Å². The van der Waals surface area contributed by atoms with Crippen molar-refractivity contribution in [2.75, 3.05) is 12.8 Å². The summed E-state index contributed by atoms with van der Waals surface area (Å²) in [6.07, 6.45) is 2.52. The van der Waals surface area contributed by atoms with Gasteiger partial charge in [-0.3, -0.25) is 0 Å². The molecule has 0 radical (unpaired) electrons. The average molecular weight is 225 g/mol. The predicted octanol–water partition coefficient (Wildman–Crippen LogP) is 0.542. The maximum absolute atomic E-state index is 11.0. The third-order valence-electron chi connectivity index (χ3n) is 2.30. The summed E-state index contributed by atoms with van der Waals surface area (Å²) in [6, 6.07) is 0. The van der Waals surface area contributed by atoms with Gasteiger partial charge in [0.2, 0.25) is 0 Å². The lowest BCUT2D eigenvalue weighted by Crippen LogP contribution is -2.27. The lowest BCUT2D eigenvalue weighted by Gasteiger charge is -2.17. The summed E-state index contributed by atoms with van der Waals surface area (Å²) in [5, 5.41) is 12.7. The van der Waals surface area contributed by atoms with Crippen LogP contribution in [-0.4, -0.2) is 33.8 Å². The minimum Gasteiger partial charge on any atom is -0.476 e. The second-order valence-corrected chi connectivity index (χ2v) is 3.99. The van der Waals surface area contributed by atoms with E-state index in [0.717, 1.165) is 17.8 Å². The Labute approximate surface area is 91.3 Å². The van der Waals surface area contributed by atoms with Crippen LogP contribution in [0.4, 0.5) is 0 Å². The third-order valence-corrected chi connectivity index (χ3v) is 2.85. The highest BCUT2D eigenvalue weighted by Crippen LogP contribution is 2.19. The first-order chi connectivity index (χ1) is 7.22.